The number of rotatable bonds is 7. The molecule has 0 aliphatic heterocycles. The lowest BCUT2D eigenvalue weighted by Gasteiger charge is -2.13. The smallest absolute Gasteiger partial charge is 0.136 e. The first-order valence-electron chi connectivity index (χ1n) is 8.47. The van der Waals surface area contributed by atoms with Crippen LogP contribution >= 0.6 is 0 Å². The first-order chi connectivity index (χ1) is 12.3. The van der Waals surface area contributed by atoms with Crippen molar-refractivity contribution in [3.63, 3.8) is 0 Å². The number of anilines is 1. The molecule has 0 aliphatic carbocycles. The molecular formula is C21H21FN2O. The Kier molecular flexibility index (Phi) is 5.62. The number of para-hydroxylation sites is 1. The van der Waals surface area contributed by atoms with E-state index < -0.39 is 0 Å². The molecule has 1 N–H and O–H groups in total. The highest BCUT2D eigenvalue weighted by molar-refractivity contribution is 5.97. The van der Waals surface area contributed by atoms with Gasteiger partial charge in [0.1, 0.15) is 11.6 Å². The molecule has 0 saturated carbocycles. The standard InChI is InChI=1S/C21H21FN2O/c1-2-3-13-25-21-16(15-23-24-17-9-5-4-6-10-17)14-20(22)18-11-7-8-12-19(18)21/h4-12,14-15,24H,2-3,13H2,1H3. The van der Waals surface area contributed by atoms with Crippen molar-refractivity contribution in [3.8, 4) is 5.75 Å². The maximum atomic E-state index is 14.4. The summed E-state index contributed by atoms with van der Waals surface area (Å²) in [6.07, 6.45) is 3.59. The molecule has 0 aromatic heterocycles. The Hall–Kier alpha value is -2.88. The van der Waals surface area contributed by atoms with Gasteiger partial charge in [-0.3, -0.25) is 5.43 Å². The van der Waals surface area contributed by atoms with Gasteiger partial charge >= 0.3 is 0 Å². The van der Waals surface area contributed by atoms with E-state index in [1.165, 1.54) is 6.07 Å². The highest BCUT2D eigenvalue weighted by Crippen LogP contribution is 2.31. The van der Waals surface area contributed by atoms with E-state index in [-0.39, 0.29) is 5.82 Å². The highest BCUT2D eigenvalue weighted by Gasteiger charge is 2.12. The molecule has 0 saturated heterocycles. The van der Waals surface area contributed by atoms with Crippen molar-refractivity contribution >= 4 is 22.7 Å². The Bertz CT molecular complexity index is 862. The maximum absolute atomic E-state index is 14.4. The molecule has 25 heavy (non-hydrogen) atoms. The normalized spacial score (nSPS) is 11.1. The molecule has 0 amide bonds. The van der Waals surface area contributed by atoms with Crippen LogP contribution in [0.4, 0.5) is 10.1 Å². The van der Waals surface area contributed by atoms with E-state index in [1.54, 1.807) is 12.3 Å². The third-order valence-electron chi connectivity index (χ3n) is 3.89. The fourth-order valence-electron chi connectivity index (χ4n) is 2.59. The Morgan fingerprint density at radius 1 is 1.04 bits per heavy atom. The van der Waals surface area contributed by atoms with Gasteiger partial charge in [-0.15, -0.1) is 0 Å². The molecule has 4 heteroatoms. The molecule has 3 aromatic carbocycles. The summed E-state index contributed by atoms with van der Waals surface area (Å²) in [7, 11) is 0. The summed E-state index contributed by atoms with van der Waals surface area (Å²) >= 11 is 0. The van der Waals surface area contributed by atoms with Gasteiger partial charge in [-0.2, -0.15) is 5.10 Å². The molecule has 0 spiro atoms. The van der Waals surface area contributed by atoms with Crippen molar-refractivity contribution in [2.75, 3.05) is 12.0 Å². The summed E-state index contributed by atoms with van der Waals surface area (Å²) in [5.41, 5.74) is 4.44. The minimum atomic E-state index is -0.278. The topological polar surface area (TPSA) is 33.6 Å². The molecule has 0 fully saturated rings. The van der Waals surface area contributed by atoms with Crippen LogP contribution in [0.1, 0.15) is 25.3 Å². The number of unbranched alkanes of at least 4 members (excludes halogenated alkanes) is 1. The van der Waals surface area contributed by atoms with Crippen LogP contribution in [-0.2, 0) is 0 Å². The van der Waals surface area contributed by atoms with E-state index in [1.807, 2.05) is 48.5 Å². The number of ether oxygens (including phenoxy) is 1. The van der Waals surface area contributed by atoms with E-state index >= 15 is 0 Å². The number of nitrogens with zero attached hydrogens (tertiary/aromatic N) is 1. The molecule has 3 aromatic rings. The number of hydrogen-bond donors (Lipinski definition) is 1. The monoisotopic (exact) mass is 336 g/mol. The average molecular weight is 336 g/mol. The van der Waals surface area contributed by atoms with Gasteiger partial charge in [-0.1, -0.05) is 55.8 Å². The number of hydrogen-bond acceptors (Lipinski definition) is 3. The quantitative estimate of drug-likeness (QED) is 0.346. The summed E-state index contributed by atoms with van der Waals surface area (Å²) in [6, 6.07) is 18.4. The lowest BCUT2D eigenvalue weighted by Crippen LogP contribution is -2.02. The molecular weight excluding hydrogens is 315 g/mol. The van der Waals surface area contributed by atoms with E-state index in [2.05, 4.69) is 17.5 Å². The van der Waals surface area contributed by atoms with Gasteiger partial charge in [-0.25, -0.2) is 4.39 Å². The van der Waals surface area contributed by atoms with Gasteiger partial charge < -0.3 is 4.74 Å². The van der Waals surface area contributed by atoms with Crippen LogP contribution in [0, 0.1) is 5.82 Å². The molecule has 0 aliphatic rings. The van der Waals surface area contributed by atoms with E-state index in [0.29, 0.717) is 23.3 Å². The second kappa shape index (κ2) is 8.29. The van der Waals surface area contributed by atoms with Gasteiger partial charge in [0.15, 0.2) is 0 Å². The van der Waals surface area contributed by atoms with Crippen LogP contribution in [0.3, 0.4) is 0 Å². The third-order valence-corrected chi connectivity index (χ3v) is 3.89. The lowest BCUT2D eigenvalue weighted by atomic mass is 10.0. The molecule has 0 unspecified atom stereocenters. The van der Waals surface area contributed by atoms with Crippen molar-refractivity contribution in [1.29, 1.82) is 0 Å². The largest absolute Gasteiger partial charge is 0.492 e. The van der Waals surface area contributed by atoms with Gasteiger partial charge in [0.05, 0.1) is 18.5 Å². The minimum Gasteiger partial charge on any atom is -0.492 e. The second-order valence-corrected chi connectivity index (χ2v) is 5.76. The van der Waals surface area contributed by atoms with Crippen molar-refractivity contribution in [3.05, 3.63) is 72.0 Å². The van der Waals surface area contributed by atoms with Crippen LogP contribution in [0.5, 0.6) is 5.75 Å². The molecule has 128 valence electrons. The van der Waals surface area contributed by atoms with Crippen molar-refractivity contribution in [2.24, 2.45) is 5.10 Å². The average Bonchev–Trinajstić information content (AvgIpc) is 2.65. The Labute approximate surface area is 147 Å². The van der Waals surface area contributed by atoms with Gasteiger partial charge in [0.2, 0.25) is 0 Å². The van der Waals surface area contributed by atoms with Crippen LogP contribution in [-0.4, -0.2) is 12.8 Å². The van der Waals surface area contributed by atoms with Gasteiger partial charge in [0.25, 0.3) is 0 Å². The van der Waals surface area contributed by atoms with Crippen LogP contribution in [0.25, 0.3) is 10.8 Å². The summed E-state index contributed by atoms with van der Waals surface area (Å²) in [5, 5.41) is 5.55. The minimum absolute atomic E-state index is 0.278. The SMILES string of the molecule is CCCCOc1c(C=NNc2ccccc2)cc(F)c2ccccc12. The van der Waals surface area contributed by atoms with Crippen LogP contribution in [0.2, 0.25) is 0 Å². The Balaban J connectivity index is 1.93. The lowest BCUT2D eigenvalue weighted by molar-refractivity contribution is 0.312. The van der Waals surface area contributed by atoms with E-state index in [0.717, 1.165) is 23.9 Å². The summed E-state index contributed by atoms with van der Waals surface area (Å²) in [4.78, 5) is 0. The van der Waals surface area contributed by atoms with Crippen LogP contribution in [0.15, 0.2) is 65.8 Å². The second-order valence-electron chi connectivity index (χ2n) is 5.76. The zero-order valence-corrected chi connectivity index (χ0v) is 14.2. The van der Waals surface area contributed by atoms with Crippen molar-refractivity contribution in [1.82, 2.24) is 0 Å². The van der Waals surface area contributed by atoms with E-state index in [9.17, 15) is 4.39 Å². The molecule has 3 rings (SSSR count). The predicted octanol–water partition coefficient (Wildman–Crippen LogP) is 5.60. The fourth-order valence-corrected chi connectivity index (χ4v) is 2.59. The van der Waals surface area contributed by atoms with E-state index in [4.69, 9.17) is 4.74 Å². The highest BCUT2D eigenvalue weighted by atomic mass is 19.1. The van der Waals surface area contributed by atoms with Crippen molar-refractivity contribution < 1.29 is 9.13 Å². The number of nitrogens with one attached hydrogen (secondary N) is 1. The zero-order chi connectivity index (χ0) is 17.5. The molecule has 0 atom stereocenters. The van der Waals surface area contributed by atoms with Gasteiger partial charge in [0, 0.05) is 16.3 Å². The number of fused-ring (bicyclic) bond motifs is 1. The number of halogens is 1. The summed E-state index contributed by atoms with van der Waals surface area (Å²) < 4.78 is 20.4. The maximum Gasteiger partial charge on any atom is 0.136 e. The number of benzene rings is 3. The van der Waals surface area contributed by atoms with Crippen LogP contribution < -0.4 is 10.2 Å². The molecule has 0 bridgehead atoms. The third kappa shape index (κ3) is 4.15. The Morgan fingerprint density at radius 3 is 2.52 bits per heavy atom. The fraction of sp³-hybridized carbons (Fsp3) is 0.190. The predicted molar refractivity (Wildman–Crippen MR) is 102 cm³/mol. The summed E-state index contributed by atoms with van der Waals surface area (Å²) in [6.45, 7) is 2.71. The molecule has 0 radical (unpaired) electrons. The Morgan fingerprint density at radius 2 is 1.76 bits per heavy atom. The van der Waals surface area contributed by atoms with Gasteiger partial charge in [-0.05, 0) is 24.6 Å². The molecule has 3 nitrogen and oxygen atoms in total. The zero-order valence-electron chi connectivity index (χ0n) is 14.2. The van der Waals surface area contributed by atoms with Crippen molar-refractivity contribution in [2.45, 2.75) is 19.8 Å². The molecule has 0 heterocycles. The first kappa shape index (κ1) is 17.0. The first-order valence-corrected chi connectivity index (χ1v) is 8.47. The summed E-state index contributed by atoms with van der Waals surface area (Å²) in [5.74, 6) is 0.392. The number of hydrazone groups is 1.